The Kier molecular flexibility index (Phi) is 6.16. The molecule has 2 N–H and O–H groups in total. The van der Waals surface area contributed by atoms with Crippen molar-refractivity contribution in [3.63, 3.8) is 0 Å². The van der Waals surface area contributed by atoms with Crippen molar-refractivity contribution in [1.82, 2.24) is 10.2 Å². The van der Waals surface area contributed by atoms with Crippen molar-refractivity contribution < 1.29 is 9.72 Å². The average Bonchev–Trinajstić information content (AvgIpc) is 3.47. The summed E-state index contributed by atoms with van der Waals surface area (Å²) in [6.07, 6.45) is 2.01. The molecule has 0 aliphatic heterocycles. The molecule has 0 heterocycles. The standard InChI is InChI=1S/C20H23ClN4O3/c1-24(2)19(15-5-3-4-6-16(15)21)12-22-20(26)13-7-10-17(23-14-8-9-14)18(11-13)25(27)28/h3-7,10-11,14,19,23H,8-9,12H2,1-2H3,(H,22,26)/t19-/m1/s1. The molecule has 0 bridgehead atoms. The molecule has 0 unspecified atom stereocenters. The van der Waals surface area contributed by atoms with Crippen LogP contribution < -0.4 is 10.6 Å². The van der Waals surface area contributed by atoms with Crippen LogP contribution in [0.1, 0.15) is 34.8 Å². The fourth-order valence-electron chi connectivity index (χ4n) is 3.00. The van der Waals surface area contributed by atoms with E-state index in [2.05, 4.69) is 10.6 Å². The fraction of sp³-hybridized carbons (Fsp3) is 0.350. The first-order valence-corrected chi connectivity index (χ1v) is 9.48. The second-order valence-corrected chi connectivity index (χ2v) is 7.53. The lowest BCUT2D eigenvalue weighted by Crippen LogP contribution is -2.34. The quantitative estimate of drug-likeness (QED) is 0.517. The number of nitrogens with one attached hydrogen (secondary N) is 2. The number of likely N-dealkylation sites (N-methyl/N-ethyl adjacent to an activating group) is 1. The molecule has 28 heavy (non-hydrogen) atoms. The maximum Gasteiger partial charge on any atom is 0.293 e. The fourth-order valence-corrected chi connectivity index (χ4v) is 3.26. The predicted molar refractivity (Wildman–Crippen MR) is 110 cm³/mol. The van der Waals surface area contributed by atoms with E-state index in [1.807, 2.05) is 43.3 Å². The van der Waals surface area contributed by atoms with Gasteiger partial charge in [-0.2, -0.15) is 0 Å². The lowest BCUT2D eigenvalue weighted by Gasteiger charge is -2.26. The van der Waals surface area contributed by atoms with Gasteiger partial charge in [-0.25, -0.2) is 0 Å². The number of halogens is 1. The van der Waals surface area contributed by atoms with Gasteiger partial charge in [-0.1, -0.05) is 29.8 Å². The van der Waals surface area contributed by atoms with Crippen LogP contribution in [0.2, 0.25) is 5.02 Å². The molecule has 1 aliphatic rings. The lowest BCUT2D eigenvalue weighted by molar-refractivity contribution is -0.384. The van der Waals surface area contributed by atoms with Gasteiger partial charge in [-0.05, 0) is 50.7 Å². The van der Waals surface area contributed by atoms with Crippen LogP contribution in [0.25, 0.3) is 0 Å². The zero-order valence-corrected chi connectivity index (χ0v) is 16.6. The van der Waals surface area contributed by atoms with Gasteiger partial charge in [0.25, 0.3) is 11.6 Å². The largest absolute Gasteiger partial charge is 0.377 e. The molecule has 1 atom stereocenters. The van der Waals surface area contributed by atoms with Crippen molar-refractivity contribution in [1.29, 1.82) is 0 Å². The summed E-state index contributed by atoms with van der Waals surface area (Å²) in [7, 11) is 3.81. The summed E-state index contributed by atoms with van der Waals surface area (Å²) in [5.74, 6) is -0.361. The highest BCUT2D eigenvalue weighted by Crippen LogP contribution is 2.31. The smallest absolute Gasteiger partial charge is 0.293 e. The van der Waals surface area contributed by atoms with Crippen LogP contribution in [-0.4, -0.2) is 42.4 Å². The number of carbonyl (C=O) groups is 1. The zero-order valence-electron chi connectivity index (χ0n) is 15.8. The van der Waals surface area contributed by atoms with E-state index in [1.165, 1.54) is 6.07 Å². The van der Waals surface area contributed by atoms with E-state index in [9.17, 15) is 14.9 Å². The van der Waals surface area contributed by atoms with Gasteiger partial charge in [0, 0.05) is 29.2 Å². The SMILES string of the molecule is CN(C)[C@H](CNC(=O)c1ccc(NC2CC2)c([N+](=O)[O-])c1)c1ccccc1Cl. The Morgan fingerprint density at radius 1 is 1.29 bits per heavy atom. The Morgan fingerprint density at radius 3 is 2.61 bits per heavy atom. The highest BCUT2D eigenvalue weighted by molar-refractivity contribution is 6.31. The van der Waals surface area contributed by atoms with Gasteiger partial charge in [-0.15, -0.1) is 0 Å². The van der Waals surface area contributed by atoms with Gasteiger partial charge in [0.05, 0.1) is 11.0 Å². The Bertz CT molecular complexity index is 884. The van der Waals surface area contributed by atoms with Crippen LogP contribution in [0, 0.1) is 10.1 Å². The number of nitro groups is 1. The summed E-state index contributed by atoms with van der Waals surface area (Å²) in [4.78, 5) is 25.5. The van der Waals surface area contributed by atoms with Crippen LogP contribution in [0.15, 0.2) is 42.5 Å². The van der Waals surface area contributed by atoms with Crippen LogP contribution in [0.4, 0.5) is 11.4 Å². The first-order chi connectivity index (χ1) is 13.4. The molecular formula is C20H23ClN4O3. The van der Waals surface area contributed by atoms with Gasteiger partial charge in [0.15, 0.2) is 0 Å². The van der Waals surface area contributed by atoms with E-state index in [-0.39, 0.29) is 29.2 Å². The summed E-state index contributed by atoms with van der Waals surface area (Å²) in [6, 6.07) is 12.2. The third-order valence-corrected chi connectivity index (χ3v) is 5.08. The molecular weight excluding hydrogens is 380 g/mol. The number of rotatable bonds is 8. The topological polar surface area (TPSA) is 87.5 Å². The number of anilines is 1. The van der Waals surface area contributed by atoms with E-state index in [0.29, 0.717) is 17.3 Å². The molecule has 2 aromatic carbocycles. The molecule has 1 aliphatic carbocycles. The van der Waals surface area contributed by atoms with Crippen molar-refractivity contribution in [2.75, 3.05) is 26.0 Å². The number of benzene rings is 2. The van der Waals surface area contributed by atoms with Crippen molar-refractivity contribution >= 4 is 28.9 Å². The second kappa shape index (κ2) is 8.58. The summed E-state index contributed by atoms with van der Waals surface area (Å²) < 4.78 is 0. The van der Waals surface area contributed by atoms with Crippen LogP contribution in [0.3, 0.4) is 0 Å². The van der Waals surface area contributed by atoms with Gasteiger partial charge >= 0.3 is 0 Å². The molecule has 1 saturated carbocycles. The Labute approximate surface area is 168 Å². The number of nitro benzene ring substituents is 1. The van der Waals surface area contributed by atoms with Crippen LogP contribution in [-0.2, 0) is 0 Å². The maximum absolute atomic E-state index is 12.6. The van der Waals surface area contributed by atoms with Gasteiger partial charge in [0.2, 0.25) is 0 Å². The van der Waals surface area contributed by atoms with E-state index in [4.69, 9.17) is 11.6 Å². The highest BCUT2D eigenvalue weighted by Gasteiger charge is 2.26. The lowest BCUT2D eigenvalue weighted by atomic mass is 10.1. The molecule has 0 spiro atoms. The first kappa shape index (κ1) is 20.1. The number of hydrogen-bond donors (Lipinski definition) is 2. The van der Waals surface area contributed by atoms with Crippen LogP contribution in [0.5, 0.6) is 0 Å². The van der Waals surface area contributed by atoms with E-state index < -0.39 is 4.92 Å². The molecule has 7 nitrogen and oxygen atoms in total. The molecule has 0 aromatic heterocycles. The Balaban J connectivity index is 1.73. The number of hydrogen-bond acceptors (Lipinski definition) is 5. The monoisotopic (exact) mass is 402 g/mol. The minimum atomic E-state index is -0.464. The predicted octanol–water partition coefficient (Wildman–Crippen LogP) is 3.86. The molecule has 0 saturated heterocycles. The van der Waals surface area contributed by atoms with Crippen LogP contribution >= 0.6 is 11.6 Å². The maximum atomic E-state index is 12.6. The molecule has 2 aromatic rings. The van der Waals surface area contributed by atoms with E-state index in [0.717, 1.165) is 18.4 Å². The molecule has 1 amide bonds. The average molecular weight is 403 g/mol. The minimum Gasteiger partial charge on any atom is -0.377 e. The number of carbonyl (C=O) groups excluding carboxylic acids is 1. The first-order valence-electron chi connectivity index (χ1n) is 9.11. The molecule has 3 rings (SSSR count). The van der Waals surface area contributed by atoms with Crippen molar-refractivity contribution in [3.05, 3.63) is 68.7 Å². The third-order valence-electron chi connectivity index (χ3n) is 4.74. The molecule has 148 valence electrons. The number of nitrogens with zero attached hydrogens (tertiary/aromatic N) is 2. The second-order valence-electron chi connectivity index (χ2n) is 7.12. The summed E-state index contributed by atoms with van der Waals surface area (Å²) in [5.41, 5.74) is 1.52. The highest BCUT2D eigenvalue weighted by atomic mass is 35.5. The third kappa shape index (κ3) is 4.79. The van der Waals surface area contributed by atoms with Gasteiger partial charge in [-0.3, -0.25) is 14.9 Å². The van der Waals surface area contributed by atoms with E-state index in [1.54, 1.807) is 12.1 Å². The van der Waals surface area contributed by atoms with E-state index >= 15 is 0 Å². The summed E-state index contributed by atoms with van der Waals surface area (Å²) >= 11 is 6.29. The molecule has 8 heteroatoms. The minimum absolute atomic E-state index is 0.0881. The van der Waals surface area contributed by atoms with Gasteiger partial charge in [0.1, 0.15) is 5.69 Å². The normalized spacial score (nSPS) is 14.6. The number of amides is 1. The van der Waals surface area contributed by atoms with Crippen molar-refractivity contribution in [2.45, 2.75) is 24.9 Å². The summed E-state index contributed by atoms with van der Waals surface area (Å²) in [6.45, 7) is 0.325. The molecule has 1 fully saturated rings. The summed E-state index contributed by atoms with van der Waals surface area (Å²) in [5, 5.41) is 18.0. The Hall–Kier alpha value is -2.64. The van der Waals surface area contributed by atoms with Gasteiger partial charge < -0.3 is 15.5 Å². The van der Waals surface area contributed by atoms with Crippen molar-refractivity contribution in [2.24, 2.45) is 0 Å². The Morgan fingerprint density at radius 2 is 2.00 bits per heavy atom. The van der Waals surface area contributed by atoms with Crippen molar-refractivity contribution in [3.8, 4) is 0 Å². The zero-order chi connectivity index (χ0) is 20.3. The molecule has 0 radical (unpaired) electrons.